The summed E-state index contributed by atoms with van der Waals surface area (Å²) in [5.41, 5.74) is 4.95. The van der Waals surface area contributed by atoms with Crippen LogP contribution in [0.15, 0.2) is 53.8 Å². The number of nitrogens with one attached hydrogen (secondary N) is 3. The van der Waals surface area contributed by atoms with Crippen LogP contribution in [0.3, 0.4) is 0 Å². The molecule has 0 unspecified atom stereocenters. The summed E-state index contributed by atoms with van der Waals surface area (Å²) >= 11 is 0. The highest BCUT2D eigenvalue weighted by Gasteiger charge is 2.06. The zero-order valence-corrected chi connectivity index (χ0v) is 14.8. The van der Waals surface area contributed by atoms with E-state index in [1.54, 1.807) is 13.2 Å². The zero-order chi connectivity index (χ0) is 17.5. The maximum atomic E-state index is 4.31. The second kappa shape index (κ2) is 8.33. The van der Waals surface area contributed by atoms with Crippen molar-refractivity contribution < 1.29 is 0 Å². The first kappa shape index (κ1) is 17.0. The van der Waals surface area contributed by atoms with Crippen LogP contribution in [0.4, 0.5) is 0 Å². The number of aryl methyl sites for hydroxylation is 1. The van der Waals surface area contributed by atoms with Gasteiger partial charge in [0.2, 0.25) is 0 Å². The van der Waals surface area contributed by atoms with E-state index in [-0.39, 0.29) is 0 Å². The van der Waals surface area contributed by atoms with Crippen molar-refractivity contribution in [3.63, 3.8) is 0 Å². The van der Waals surface area contributed by atoms with E-state index in [1.165, 1.54) is 22.0 Å². The first-order valence-electron chi connectivity index (χ1n) is 8.74. The Bertz CT molecular complexity index is 836. The van der Waals surface area contributed by atoms with E-state index in [9.17, 15) is 0 Å². The fourth-order valence-electron chi connectivity index (χ4n) is 2.99. The smallest absolute Gasteiger partial charge is 0.191 e. The third-order valence-corrected chi connectivity index (χ3v) is 4.34. The standard InChI is InChI=1S/C20H25N5/c1-3-15-7-6-9-18-16(13-24-19(15)18)10-12-23-20(21-2)25-14-17-8-4-5-11-22-17/h4-9,11,13,24H,3,10,12,14H2,1-2H3,(H2,21,23,25). The molecule has 0 aliphatic carbocycles. The zero-order valence-electron chi connectivity index (χ0n) is 14.8. The Morgan fingerprint density at radius 2 is 2.04 bits per heavy atom. The van der Waals surface area contributed by atoms with Crippen molar-refractivity contribution in [3.8, 4) is 0 Å². The average Bonchev–Trinajstić information content (AvgIpc) is 3.08. The summed E-state index contributed by atoms with van der Waals surface area (Å²) in [5.74, 6) is 0.791. The minimum Gasteiger partial charge on any atom is -0.361 e. The summed E-state index contributed by atoms with van der Waals surface area (Å²) in [7, 11) is 1.78. The second-order valence-electron chi connectivity index (χ2n) is 5.93. The molecule has 0 aliphatic rings. The van der Waals surface area contributed by atoms with E-state index in [1.807, 2.05) is 18.2 Å². The summed E-state index contributed by atoms with van der Waals surface area (Å²) in [6.45, 7) is 3.67. The highest BCUT2D eigenvalue weighted by molar-refractivity contribution is 5.86. The summed E-state index contributed by atoms with van der Waals surface area (Å²) in [6, 6.07) is 12.4. The molecule has 0 saturated heterocycles. The van der Waals surface area contributed by atoms with Crippen LogP contribution in [0, 0.1) is 0 Å². The Balaban J connectivity index is 1.55. The van der Waals surface area contributed by atoms with Gasteiger partial charge in [0.25, 0.3) is 0 Å². The number of nitrogens with zero attached hydrogens (tertiary/aromatic N) is 2. The van der Waals surface area contributed by atoms with Crippen LogP contribution in [0.5, 0.6) is 0 Å². The molecule has 0 bridgehead atoms. The van der Waals surface area contributed by atoms with Crippen molar-refractivity contribution in [2.24, 2.45) is 4.99 Å². The molecule has 3 rings (SSSR count). The number of benzene rings is 1. The van der Waals surface area contributed by atoms with E-state index in [0.29, 0.717) is 6.54 Å². The average molecular weight is 335 g/mol. The lowest BCUT2D eigenvalue weighted by molar-refractivity contribution is 0.785. The molecule has 0 fully saturated rings. The van der Waals surface area contributed by atoms with Crippen molar-refractivity contribution in [2.45, 2.75) is 26.3 Å². The van der Waals surface area contributed by atoms with Crippen LogP contribution < -0.4 is 10.6 Å². The number of rotatable bonds is 6. The van der Waals surface area contributed by atoms with Crippen molar-refractivity contribution in [1.29, 1.82) is 0 Å². The van der Waals surface area contributed by atoms with E-state index in [2.05, 4.69) is 56.9 Å². The molecule has 5 nitrogen and oxygen atoms in total. The van der Waals surface area contributed by atoms with Crippen LogP contribution >= 0.6 is 0 Å². The molecule has 0 amide bonds. The largest absolute Gasteiger partial charge is 0.361 e. The fourth-order valence-corrected chi connectivity index (χ4v) is 2.99. The van der Waals surface area contributed by atoms with E-state index < -0.39 is 0 Å². The number of hydrogen-bond acceptors (Lipinski definition) is 2. The monoisotopic (exact) mass is 335 g/mol. The molecule has 130 valence electrons. The van der Waals surface area contributed by atoms with Gasteiger partial charge in [0.05, 0.1) is 12.2 Å². The molecule has 5 heteroatoms. The summed E-state index contributed by atoms with van der Waals surface area (Å²) in [4.78, 5) is 12.0. The summed E-state index contributed by atoms with van der Waals surface area (Å²) in [5, 5.41) is 7.98. The molecule has 0 radical (unpaired) electrons. The van der Waals surface area contributed by atoms with Gasteiger partial charge in [-0.05, 0) is 36.1 Å². The quantitative estimate of drug-likeness (QED) is 0.479. The number of pyridine rings is 1. The predicted molar refractivity (Wildman–Crippen MR) is 104 cm³/mol. The predicted octanol–water partition coefficient (Wildman–Crippen LogP) is 3.03. The van der Waals surface area contributed by atoms with Crippen molar-refractivity contribution >= 4 is 16.9 Å². The van der Waals surface area contributed by atoms with Gasteiger partial charge in [-0.1, -0.05) is 31.2 Å². The maximum Gasteiger partial charge on any atom is 0.191 e. The molecular formula is C20H25N5. The SMILES string of the molecule is CCc1cccc2c(CCNC(=NC)NCc3ccccn3)c[nH]c12. The van der Waals surface area contributed by atoms with Crippen LogP contribution in [-0.4, -0.2) is 29.5 Å². The van der Waals surface area contributed by atoms with Crippen molar-refractivity contribution in [1.82, 2.24) is 20.6 Å². The molecule has 0 spiro atoms. The van der Waals surface area contributed by atoms with Gasteiger partial charge in [0, 0.05) is 36.9 Å². The number of guanidine groups is 1. The lowest BCUT2D eigenvalue weighted by atomic mass is 10.1. The number of hydrogen-bond donors (Lipinski definition) is 3. The fraction of sp³-hybridized carbons (Fsp3) is 0.300. The number of fused-ring (bicyclic) bond motifs is 1. The highest BCUT2D eigenvalue weighted by atomic mass is 15.2. The minimum atomic E-state index is 0.660. The number of aromatic nitrogens is 2. The van der Waals surface area contributed by atoms with E-state index >= 15 is 0 Å². The van der Waals surface area contributed by atoms with Gasteiger partial charge in [0.15, 0.2) is 5.96 Å². The number of H-pyrrole nitrogens is 1. The van der Waals surface area contributed by atoms with Gasteiger partial charge in [0.1, 0.15) is 0 Å². The van der Waals surface area contributed by atoms with Gasteiger partial charge in [-0.25, -0.2) is 0 Å². The van der Waals surface area contributed by atoms with Crippen LogP contribution in [-0.2, 0) is 19.4 Å². The van der Waals surface area contributed by atoms with Gasteiger partial charge >= 0.3 is 0 Å². The lowest BCUT2D eigenvalue weighted by Gasteiger charge is -2.11. The third-order valence-electron chi connectivity index (χ3n) is 4.34. The normalized spacial score (nSPS) is 11.7. The lowest BCUT2D eigenvalue weighted by Crippen LogP contribution is -2.38. The molecule has 3 aromatic rings. The highest BCUT2D eigenvalue weighted by Crippen LogP contribution is 2.22. The van der Waals surface area contributed by atoms with Crippen LogP contribution in [0.25, 0.3) is 10.9 Å². The number of aliphatic imine (C=N–C) groups is 1. The summed E-state index contributed by atoms with van der Waals surface area (Å²) < 4.78 is 0. The second-order valence-corrected chi connectivity index (χ2v) is 5.93. The molecule has 0 saturated carbocycles. The van der Waals surface area contributed by atoms with Gasteiger partial charge in [-0.15, -0.1) is 0 Å². The molecule has 0 atom stereocenters. The maximum absolute atomic E-state index is 4.31. The van der Waals surface area contributed by atoms with Gasteiger partial charge in [-0.2, -0.15) is 0 Å². The first-order valence-corrected chi connectivity index (χ1v) is 8.74. The van der Waals surface area contributed by atoms with Gasteiger partial charge in [-0.3, -0.25) is 9.98 Å². The topological polar surface area (TPSA) is 65.1 Å². The Labute approximate surface area is 148 Å². The Hall–Kier alpha value is -2.82. The molecule has 2 aromatic heterocycles. The van der Waals surface area contributed by atoms with Crippen LogP contribution in [0.1, 0.15) is 23.7 Å². The molecule has 25 heavy (non-hydrogen) atoms. The molecule has 3 N–H and O–H groups in total. The van der Waals surface area contributed by atoms with E-state index in [0.717, 1.165) is 31.0 Å². The number of aromatic amines is 1. The Morgan fingerprint density at radius 1 is 1.12 bits per heavy atom. The minimum absolute atomic E-state index is 0.660. The first-order chi connectivity index (χ1) is 12.3. The summed E-state index contributed by atoms with van der Waals surface area (Å²) in [6.07, 6.45) is 5.90. The Morgan fingerprint density at radius 3 is 2.80 bits per heavy atom. The molecule has 1 aromatic carbocycles. The van der Waals surface area contributed by atoms with Crippen molar-refractivity contribution in [3.05, 3.63) is 65.6 Å². The van der Waals surface area contributed by atoms with Gasteiger partial charge < -0.3 is 15.6 Å². The number of para-hydroxylation sites is 1. The van der Waals surface area contributed by atoms with E-state index in [4.69, 9.17) is 0 Å². The molecule has 2 heterocycles. The van der Waals surface area contributed by atoms with Crippen molar-refractivity contribution in [2.75, 3.05) is 13.6 Å². The Kier molecular flexibility index (Phi) is 5.67. The molecule has 0 aliphatic heterocycles. The van der Waals surface area contributed by atoms with Crippen LogP contribution in [0.2, 0.25) is 0 Å². The molecular weight excluding hydrogens is 310 g/mol. The third kappa shape index (κ3) is 4.18.